The number of rotatable bonds is 4. The van der Waals surface area contributed by atoms with Crippen LogP contribution in [-0.4, -0.2) is 27.9 Å². The number of nitrogens with one attached hydrogen (secondary N) is 1. The third kappa shape index (κ3) is 4.22. The third-order valence-corrected chi connectivity index (χ3v) is 4.60. The van der Waals surface area contributed by atoms with Gasteiger partial charge in [0.05, 0.1) is 5.71 Å². The average molecular weight is 408 g/mol. The van der Waals surface area contributed by atoms with Crippen molar-refractivity contribution in [2.75, 3.05) is 5.32 Å². The minimum absolute atomic E-state index is 0.229. The summed E-state index contributed by atoms with van der Waals surface area (Å²) in [5.41, 5.74) is 2.29. The number of hydrogen-bond donors (Lipinski definition) is 1. The predicted molar refractivity (Wildman–Crippen MR) is 109 cm³/mol. The summed E-state index contributed by atoms with van der Waals surface area (Å²) in [6.45, 7) is 5.99. The zero-order valence-electron chi connectivity index (χ0n) is 16.8. The maximum absolute atomic E-state index is 13.4. The largest absolute Gasteiger partial charge is 0.382 e. The molecule has 0 bridgehead atoms. The molecule has 1 aliphatic heterocycles. The van der Waals surface area contributed by atoms with Gasteiger partial charge in [-0.25, -0.2) is 4.39 Å². The Labute approximate surface area is 172 Å². The molecule has 1 unspecified atom stereocenters. The normalized spacial score (nSPS) is 16.1. The van der Waals surface area contributed by atoms with Crippen LogP contribution in [0, 0.1) is 5.82 Å². The summed E-state index contributed by atoms with van der Waals surface area (Å²) in [6, 6.07) is 13.2. The smallest absolute Gasteiger partial charge is 0.268 e. The number of halogens is 1. The first-order valence-electron chi connectivity index (χ1n) is 9.54. The standard InChI is InChI=1S/C22H21FN4O3/c1-22(2,3)21-25-19(27-30-21)13-7-9-16(10-8-13)24-20(28)18-12-17(26-29-18)14-5-4-6-15(23)11-14/h4-11,18H,12H2,1-3H3,(H,24,28). The highest BCUT2D eigenvalue weighted by Gasteiger charge is 2.29. The number of nitrogens with zero attached hydrogens (tertiary/aromatic N) is 3. The van der Waals surface area contributed by atoms with Gasteiger partial charge in [-0.2, -0.15) is 4.98 Å². The van der Waals surface area contributed by atoms with Crippen LogP contribution < -0.4 is 5.32 Å². The highest BCUT2D eigenvalue weighted by molar-refractivity contribution is 6.06. The first-order valence-corrected chi connectivity index (χ1v) is 9.54. The fourth-order valence-electron chi connectivity index (χ4n) is 2.93. The molecule has 0 radical (unpaired) electrons. The monoisotopic (exact) mass is 408 g/mol. The summed E-state index contributed by atoms with van der Waals surface area (Å²) < 4.78 is 18.7. The molecule has 1 aliphatic rings. The van der Waals surface area contributed by atoms with Crippen LogP contribution in [0.25, 0.3) is 11.4 Å². The fraction of sp³-hybridized carbons (Fsp3) is 0.273. The lowest BCUT2D eigenvalue weighted by Gasteiger charge is -2.10. The van der Waals surface area contributed by atoms with E-state index in [0.29, 0.717) is 28.7 Å². The number of aromatic nitrogens is 2. The van der Waals surface area contributed by atoms with Gasteiger partial charge in [0.25, 0.3) is 5.91 Å². The number of oxime groups is 1. The van der Waals surface area contributed by atoms with Crippen LogP contribution in [-0.2, 0) is 15.0 Å². The van der Waals surface area contributed by atoms with Gasteiger partial charge in [0.15, 0.2) is 0 Å². The molecule has 0 saturated carbocycles. The Morgan fingerprint density at radius 1 is 1.13 bits per heavy atom. The van der Waals surface area contributed by atoms with Gasteiger partial charge in [0.1, 0.15) is 5.82 Å². The number of benzene rings is 2. The molecule has 4 rings (SSSR count). The maximum atomic E-state index is 13.4. The molecule has 1 atom stereocenters. The van der Waals surface area contributed by atoms with Crippen LogP contribution >= 0.6 is 0 Å². The zero-order chi connectivity index (χ0) is 21.3. The first kappa shape index (κ1) is 19.8. The summed E-state index contributed by atoms with van der Waals surface area (Å²) in [5.74, 6) is 0.360. The van der Waals surface area contributed by atoms with E-state index in [9.17, 15) is 9.18 Å². The van der Waals surface area contributed by atoms with E-state index in [2.05, 4.69) is 20.6 Å². The molecule has 0 fully saturated rings. The Kier molecular flexibility index (Phi) is 5.07. The number of amides is 1. The third-order valence-electron chi connectivity index (χ3n) is 4.60. The number of hydrogen-bond acceptors (Lipinski definition) is 6. The Morgan fingerprint density at radius 2 is 1.90 bits per heavy atom. The molecule has 0 saturated heterocycles. The van der Waals surface area contributed by atoms with Gasteiger partial charge in [-0.05, 0) is 36.4 Å². The van der Waals surface area contributed by atoms with Crippen molar-refractivity contribution in [2.45, 2.75) is 38.7 Å². The average Bonchev–Trinajstić information content (AvgIpc) is 3.39. The van der Waals surface area contributed by atoms with Crippen molar-refractivity contribution < 1.29 is 18.5 Å². The lowest BCUT2D eigenvalue weighted by Crippen LogP contribution is -2.28. The van der Waals surface area contributed by atoms with Gasteiger partial charge in [-0.15, -0.1) is 0 Å². The molecule has 1 aromatic heterocycles. The number of carbonyl (C=O) groups excluding carboxylic acids is 1. The zero-order valence-corrected chi connectivity index (χ0v) is 16.8. The molecule has 2 aromatic carbocycles. The van der Waals surface area contributed by atoms with Gasteiger partial charge in [-0.1, -0.05) is 43.2 Å². The molecule has 8 heteroatoms. The van der Waals surface area contributed by atoms with Crippen LogP contribution in [0.4, 0.5) is 10.1 Å². The highest BCUT2D eigenvalue weighted by Crippen LogP contribution is 2.25. The van der Waals surface area contributed by atoms with E-state index in [4.69, 9.17) is 9.36 Å². The van der Waals surface area contributed by atoms with E-state index < -0.39 is 6.10 Å². The minimum Gasteiger partial charge on any atom is -0.382 e. The van der Waals surface area contributed by atoms with Crippen molar-refractivity contribution in [1.29, 1.82) is 0 Å². The van der Waals surface area contributed by atoms with E-state index >= 15 is 0 Å². The van der Waals surface area contributed by atoms with Crippen molar-refractivity contribution in [2.24, 2.45) is 5.16 Å². The molecular formula is C22H21FN4O3. The molecule has 1 amide bonds. The van der Waals surface area contributed by atoms with E-state index in [0.717, 1.165) is 5.56 Å². The lowest BCUT2D eigenvalue weighted by molar-refractivity contribution is -0.125. The number of carbonyl (C=O) groups is 1. The second kappa shape index (κ2) is 7.70. The van der Waals surface area contributed by atoms with Crippen LogP contribution in [0.5, 0.6) is 0 Å². The summed E-state index contributed by atoms with van der Waals surface area (Å²) in [7, 11) is 0. The van der Waals surface area contributed by atoms with Crippen LogP contribution in [0.3, 0.4) is 0 Å². The van der Waals surface area contributed by atoms with Gasteiger partial charge in [0, 0.05) is 28.7 Å². The highest BCUT2D eigenvalue weighted by atomic mass is 19.1. The Balaban J connectivity index is 1.38. The Hall–Kier alpha value is -3.55. The second-order valence-corrected chi connectivity index (χ2v) is 8.09. The van der Waals surface area contributed by atoms with E-state index in [1.807, 2.05) is 20.8 Å². The molecule has 0 spiro atoms. The SMILES string of the molecule is CC(C)(C)c1nc(-c2ccc(NC(=O)C3CC(c4cccc(F)c4)=NO3)cc2)no1. The van der Waals surface area contributed by atoms with Gasteiger partial charge >= 0.3 is 0 Å². The number of anilines is 1. The van der Waals surface area contributed by atoms with Crippen molar-refractivity contribution >= 4 is 17.3 Å². The van der Waals surface area contributed by atoms with E-state index in [-0.39, 0.29) is 23.6 Å². The summed E-state index contributed by atoms with van der Waals surface area (Å²) in [5, 5.41) is 10.7. The lowest BCUT2D eigenvalue weighted by atomic mass is 9.97. The summed E-state index contributed by atoms with van der Waals surface area (Å²) >= 11 is 0. The molecule has 0 aliphatic carbocycles. The Bertz CT molecular complexity index is 1100. The molecule has 7 nitrogen and oxygen atoms in total. The molecule has 2 heterocycles. The second-order valence-electron chi connectivity index (χ2n) is 8.09. The van der Waals surface area contributed by atoms with Gasteiger partial charge in [0.2, 0.25) is 17.8 Å². The molecule has 30 heavy (non-hydrogen) atoms. The quantitative estimate of drug-likeness (QED) is 0.695. The first-order chi connectivity index (χ1) is 14.3. The van der Waals surface area contributed by atoms with Crippen LogP contribution in [0.1, 0.15) is 38.6 Å². The molecule has 154 valence electrons. The van der Waals surface area contributed by atoms with Crippen LogP contribution in [0.15, 0.2) is 58.2 Å². The topological polar surface area (TPSA) is 89.6 Å². The maximum Gasteiger partial charge on any atom is 0.268 e. The fourth-order valence-corrected chi connectivity index (χ4v) is 2.93. The summed E-state index contributed by atoms with van der Waals surface area (Å²) in [4.78, 5) is 22.2. The molecule has 3 aromatic rings. The van der Waals surface area contributed by atoms with E-state index in [1.165, 1.54) is 12.1 Å². The van der Waals surface area contributed by atoms with Crippen LogP contribution in [0.2, 0.25) is 0 Å². The molecule has 1 N–H and O–H groups in total. The van der Waals surface area contributed by atoms with Crippen molar-refractivity contribution in [3.63, 3.8) is 0 Å². The van der Waals surface area contributed by atoms with Crippen molar-refractivity contribution in [1.82, 2.24) is 10.1 Å². The predicted octanol–water partition coefficient (Wildman–Crippen LogP) is 4.30. The van der Waals surface area contributed by atoms with Gasteiger partial charge < -0.3 is 14.7 Å². The Morgan fingerprint density at radius 3 is 2.57 bits per heavy atom. The minimum atomic E-state index is -0.769. The van der Waals surface area contributed by atoms with Gasteiger partial charge in [-0.3, -0.25) is 4.79 Å². The van der Waals surface area contributed by atoms with E-state index in [1.54, 1.807) is 36.4 Å². The van der Waals surface area contributed by atoms with Crippen molar-refractivity contribution in [3.8, 4) is 11.4 Å². The summed E-state index contributed by atoms with van der Waals surface area (Å²) in [6.07, 6.45) is -0.499. The molecular weight excluding hydrogens is 387 g/mol. The van der Waals surface area contributed by atoms with Crippen molar-refractivity contribution in [3.05, 3.63) is 65.8 Å².